The fourth-order valence-electron chi connectivity index (χ4n) is 1.48. The van der Waals surface area contributed by atoms with E-state index in [0.29, 0.717) is 10.9 Å². The molecule has 0 aliphatic rings. The summed E-state index contributed by atoms with van der Waals surface area (Å²) in [7, 11) is 0. The molecule has 0 N–H and O–H groups in total. The summed E-state index contributed by atoms with van der Waals surface area (Å²) in [6, 6.07) is 4.46. The highest BCUT2D eigenvalue weighted by Crippen LogP contribution is 2.36. The zero-order valence-corrected chi connectivity index (χ0v) is 13.6. The first-order valence-electron chi connectivity index (χ1n) is 5.28. The summed E-state index contributed by atoms with van der Waals surface area (Å²) in [5.41, 5.74) is 0.425. The molecule has 0 aromatic heterocycles. The molecule has 2 aromatic carbocycles. The summed E-state index contributed by atoms with van der Waals surface area (Å²) in [5, 5.41) is 0.181. The minimum absolute atomic E-state index is 0.0729. The van der Waals surface area contributed by atoms with Gasteiger partial charge in [0, 0.05) is 11.4 Å². The van der Waals surface area contributed by atoms with E-state index >= 15 is 0 Å². The van der Waals surface area contributed by atoms with Crippen molar-refractivity contribution < 1.29 is 17.9 Å². The van der Waals surface area contributed by atoms with Gasteiger partial charge in [-0.2, -0.15) is 0 Å². The molecule has 0 amide bonds. The SMILES string of the molecule is Fc1cc(Oc2c(F)cc(CBr)cc2F)c(Br)cc1Cl. The van der Waals surface area contributed by atoms with Crippen LogP contribution < -0.4 is 4.74 Å². The molecule has 0 unspecified atom stereocenters. The van der Waals surface area contributed by atoms with Gasteiger partial charge in [-0.15, -0.1) is 0 Å². The number of hydrogen-bond acceptors (Lipinski definition) is 1. The van der Waals surface area contributed by atoms with Crippen molar-refractivity contribution >= 4 is 43.5 Å². The Balaban J connectivity index is 2.42. The lowest BCUT2D eigenvalue weighted by Crippen LogP contribution is -1.96. The largest absolute Gasteiger partial charge is 0.450 e. The van der Waals surface area contributed by atoms with E-state index in [0.717, 1.165) is 18.2 Å². The van der Waals surface area contributed by atoms with E-state index in [1.807, 2.05) is 0 Å². The molecule has 0 atom stereocenters. The van der Waals surface area contributed by atoms with Gasteiger partial charge in [-0.05, 0) is 39.7 Å². The predicted octanol–water partition coefficient (Wildman–Crippen LogP) is 6.21. The first kappa shape index (κ1) is 15.7. The van der Waals surface area contributed by atoms with Crippen LogP contribution in [0.25, 0.3) is 0 Å². The van der Waals surface area contributed by atoms with E-state index in [4.69, 9.17) is 16.3 Å². The Bertz CT molecular complexity index is 641. The summed E-state index contributed by atoms with van der Waals surface area (Å²) >= 11 is 11.8. The van der Waals surface area contributed by atoms with Gasteiger partial charge < -0.3 is 4.74 Å². The first-order chi connectivity index (χ1) is 9.42. The van der Waals surface area contributed by atoms with Crippen LogP contribution in [0.4, 0.5) is 13.2 Å². The second-order valence-electron chi connectivity index (χ2n) is 3.82. The van der Waals surface area contributed by atoms with Crippen molar-refractivity contribution in [1.82, 2.24) is 0 Å². The van der Waals surface area contributed by atoms with Crippen LogP contribution in [0.1, 0.15) is 5.56 Å². The Labute approximate surface area is 135 Å². The van der Waals surface area contributed by atoms with Gasteiger partial charge >= 0.3 is 0 Å². The van der Waals surface area contributed by atoms with Crippen LogP contribution >= 0.6 is 43.5 Å². The van der Waals surface area contributed by atoms with Gasteiger partial charge in [0.2, 0.25) is 0 Å². The van der Waals surface area contributed by atoms with Crippen LogP contribution in [0.3, 0.4) is 0 Å². The normalized spacial score (nSPS) is 10.7. The molecule has 0 heterocycles. The number of benzene rings is 2. The monoisotopic (exact) mass is 428 g/mol. The van der Waals surface area contributed by atoms with Gasteiger partial charge in [-0.1, -0.05) is 27.5 Å². The predicted molar refractivity (Wildman–Crippen MR) is 78.2 cm³/mol. The van der Waals surface area contributed by atoms with Crippen molar-refractivity contribution in [2.45, 2.75) is 5.33 Å². The molecule has 2 rings (SSSR count). The average Bonchev–Trinajstić information content (AvgIpc) is 2.39. The molecule has 20 heavy (non-hydrogen) atoms. The molecule has 2 aromatic rings. The molecule has 0 aliphatic carbocycles. The van der Waals surface area contributed by atoms with Gasteiger partial charge in [0.05, 0.1) is 9.50 Å². The smallest absolute Gasteiger partial charge is 0.198 e. The van der Waals surface area contributed by atoms with Crippen LogP contribution in [0, 0.1) is 17.5 Å². The molecule has 1 nitrogen and oxygen atoms in total. The molecule has 0 bridgehead atoms. The minimum atomic E-state index is -0.873. The van der Waals surface area contributed by atoms with Gasteiger partial charge in [0.1, 0.15) is 11.6 Å². The fourth-order valence-corrected chi connectivity index (χ4v) is 2.52. The highest BCUT2D eigenvalue weighted by Gasteiger charge is 2.16. The van der Waals surface area contributed by atoms with Crippen molar-refractivity contribution in [2.75, 3.05) is 0 Å². The Kier molecular flexibility index (Phi) is 4.99. The molecule has 0 fully saturated rings. The van der Waals surface area contributed by atoms with E-state index in [1.54, 1.807) is 0 Å². The van der Waals surface area contributed by atoms with Crippen molar-refractivity contribution in [3.63, 3.8) is 0 Å². The summed E-state index contributed by atoms with van der Waals surface area (Å²) in [4.78, 5) is 0. The summed E-state index contributed by atoms with van der Waals surface area (Å²) in [6.45, 7) is 0. The van der Waals surface area contributed by atoms with Crippen molar-refractivity contribution in [2.24, 2.45) is 0 Å². The number of alkyl halides is 1. The third-order valence-electron chi connectivity index (χ3n) is 2.40. The third-order valence-corrected chi connectivity index (χ3v) is 3.96. The lowest BCUT2D eigenvalue weighted by atomic mass is 10.2. The molecule has 0 aliphatic heterocycles. The average molecular weight is 430 g/mol. The van der Waals surface area contributed by atoms with E-state index in [2.05, 4.69) is 31.9 Å². The number of ether oxygens (including phenoxy) is 1. The minimum Gasteiger partial charge on any atom is -0.450 e. The van der Waals surface area contributed by atoms with E-state index < -0.39 is 23.2 Å². The number of halogens is 6. The van der Waals surface area contributed by atoms with E-state index in [9.17, 15) is 13.2 Å². The Morgan fingerprint density at radius 1 is 1.00 bits per heavy atom. The van der Waals surface area contributed by atoms with E-state index in [1.165, 1.54) is 6.07 Å². The molecule has 0 radical (unpaired) electrons. The van der Waals surface area contributed by atoms with Gasteiger partial charge in [0.15, 0.2) is 17.4 Å². The maximum absolute atomic E-state index is 13.8. The Morgan fingerprint density at radius 3 is 2.15 bits per heavy atom. The van der Waals surface area contributed by atoms with E-state index in [-0.39, 0.29) is 15.2 Å². The maximum atomic E-state index is 13.8. The first-order valence-corrected chi connectivity index (χ1v) is 7.58. The number of hydrogen-bond donors (Lipinski definition) is 0. The zero-order valence-electron chi connectivity index (χ0n) is 9.69. The highest BCUT2D eigenvalue weighted by molar-refractivity contribution is 9.10. The summed E-state index contributed by atoms with van der Waals surface area (Å²) < 4.78 is 46.3. The fraction of sp³-hybridized carbons (Fsp3) is 0.0769. The summed E-state index contributed by atoms with van der Waals surface area (Å²) in [5.74, 6) is -3.17. The molecule has 0 saturated heterocycles. The molecular formula is C13H6Br2ClF3O. The Hall–Kier alpha value is -0.720. The second-order valence-corrected chi connectivity index (χ2v) is 5.64. The van der Waals surface area contributed by atoms with Crippen LogP contribution in [-0.4, -0.2) is 0 Å². The lowest BCUT2D eigenvalue weighted by Gasteiger charge is -2.11. The van der Waals surface area contributed by atoms with Crippen LogP contribution in [0.2, 0.25) is 5.02 Å². The van der Waals surface area contributed by atoms with Crippen LogP contribution in [0.15, 0.2) is 28.7 Å². The molecule has 0 spiro atoms. The standard InChI is InChI=1S/C13H6Br2ClF3O/c14-5-6-1-10(18)13(11(19)2-6)20-12-4-9(17)8(16)3-7(12)15/h1-4H,5H2. The van der Waals surface area contributed by atoms with Crippen LogP contribution in [-0.2, 0) is 5.33 Å². The van der Waals surface area contributed by atoms with Crippen molar-refractivity contribution in [3.8, 4) is 11.5 Å². The maximum Gasteiger partial charge on any atom is 0.198 e. The molecule has 0 saturated carbocycles. The molecule has 7 heteroatoms. The topological polar surface area (TPSA) is 9.23 Å². The van der Waals surface area contributed by atoms with Crippen LogP contribution in [0.5, 0.6) is 11.5 Å². The quantitative estimate of drug-likeness (QED) is 0.416. The second kappa shape index (κ2) is 6.37. The van der Waals surface area contributed by atoms with Crippen molar-refractivity contribution in [1.29, 1.82) is 0 Å². The van der Waals surface area contributed by atoms with Gasteiger partial charge in [-0.25, -0.2) is 13.2 Å². The molecule has 106 valence electrons. The molecular weight excluding hydrogens is 424 g/mol. The summed E-state index contributed by atoms with van der Waals surface area (Å²) in [6.07, 6.45) is 0. The van der Waals surface area contributed by atoms with Crippen molar-refractivity contribution in [3.05, 3.63) is 56.8 Å². The zero-order chi connectivity index (χ0) is 14.9. The van der Waals surface area contributed by atoms with Gasteiger partial charge in [0.25, 0.3) is 0 Å². The number of rotatable bonds is 3. The van der Waals surface area contributed by atoms with Gasteiger partial charge in [-0.3, -0.25) is 0 Å². The highest BCUT2D eigenvalue weighted by atomic mass is 79.9. The lowest BCUT2D eigenvalue weighted by molar-refractivity contribution is 0.402. The Morgan fingerprint density at radius 2 is 1.60 bits per heavy atom. The third kappa shape index (κ3) is 3.30.